The molecule has 1 heterocycles. The van der Waals surface area contributed by atoms with Gasteiger partial charge in [0.15, 0.2) is 0 Å². The molecular formula is C22H25N3O4. The summed E-state index contributed by atoms with van der Waals surface area (Å²) in [6.07, 6.45) is 0.0279. The van der Waals surface area contributed by atoms with Gasteiger partial charge < -0.3 is 19.9 Å². The number of ketones is 1. The van der Waals surface area contributed by atoms with Gasteiger partial charge in [-0.1, -0.05) is 36.4 Å². The summed E-state index contributed by atoms with van der Waals surface area (Å²) in [6, 6.07) is 16.9. The summed E-state index contributed by atoms with van der Waals surface area (Å²) in [4.78, 5) is 40.3. The number of piperazine rings is 1. The number of carbonyl (C=O) groups excluding carboxylic acids is 3. The van der Waals surface area contributed by atoms with E-state index in [1.807, 2.05) is 42.5 Å². The van der Waals surface area contributed by atoms with E-state index in [2.05, 4.69) is 10.2 Å². The van der Waals surface area contributed by atoms with E-state index in [0.717, 1.165) is 17.0 Å². The number of rotatable bonds is 7. The van der Waals surface area contributed by atoms with E-state index < -0.39 is 11.7 Å². The first kappa shape index (κ1) is 20.4. The first-order chi connectivity index (χ1) is 14.1. The van der Waals surface area contributed by atoms with E-state index in [4.69, 9.17) is 4.74 Å². The van der Waals surface area contributed by atoms with Crippen LogP contribution in [0.2, 0.25) is 0 Å². The number of amides is 2. The zero-order valence-electron chi connectivity index (χ0n) is 16.5. The van der Waals surface area contributed by atoms with Crippen LogP contribution in [0.15, 0.2) is 54.6 Å². The third kappa shape index (κ3) is 5.57. The molecule has 0 aliphatic carbocycles. The lowest BCUT2D eigenvalue weighted by atomic mass is 10.1. The highest BCUT2D eigenvalue weighted by atomic mass is 16.5. The van der Waals surface area contributed by atoms with Crippen molar-refractivity contribution >= 4 is 23.3 Å². The summed E-state index contributed by atoms with van der Waals surface area (Å²) in [6.45, 7) is 2.34. The second-order valence-electron chi connectivity index (χ2n) is 6.84. The van der Waals surface area contributed by atoms with Crippen molar-refractivity contribution in [2.24, 2.45) is 0 Å². The van der Waals surface area contributed by atoms with Crippen LogP contribution in [0, 0.1) is 0 Å². The molecule has 0 atom stereocenters. The van der Waals surface area contributed by atoms with Gasteiger partial charge >= 0.3 is 0 Å². The number of hydrogen-bond acceptors (Lipinski definition) is 5. The average molecular weight is 395 g/mol. The molecule has 0 aromatic heterocycles. The van der Waals surface area contributed by atoms with Crippen LogP contribution in [0.4, 0.5) is 5.69 Å². The minimum Gasteiger partial charge on any atom is -0.497 e. The number of anilines is 1. The van der Waals surface area contributed by atoms with Crippen molar-refractivity contribution in [1.82, 2.24) is 10.2 Å². The Labute approximate surface area is 170 Å². The number of nitrogens with zero attached hydrogens (tertiary/aromatic N) is 2. The SMILES string of the molecule is COc1cccc(N2CCN(C(=O)CNC(=O)C(=O)Cc3ccccc3)CC2)c1. The maximum absolute atomic E-state index is 12.4. The number of benzene rings is 2. The lowest BCUT2D eigenvalue weighted by Crippen LogP contribution is -2.51. The van der Waals surface area contributed by atoms with Crippen LogP contribution in [0.1, 0.15) is 5.56 Å². The van der Waals surface area contributed by atoms with Crippen molar-refractivity contribution in [1.29, 1.82) is 0 Å². The van der Waals surface area contributed by atoms with Crippen molar-refractivity contribution in [3.05, 3.63) is 60.2 Å². The maximum atomic E-state index is 12.4. The molecule has 2 aromatic rings. The number of Topliss-reactive ketones (excluding diaryl/α,β-unsaturated/α-hetero) is 1. The quantitative estimate of drug-likeness (QED) is 0.715. The van der Waals surface area contributed by atoms with Crippen LogP contribution in [-0.4, -0.2) is 62.3 Å². The van der Waals surface area contributed by atoms with Gasteiger partial charge in [-0.05, 0) is 17.7 Å². The first-order valence-corrected chi connectivity index (χ1v) is 9.58. The lowest BCUT2D eigenvalue weighted by molar-refractivity contribution is -0.139. The van der Waals surface area contributed by atoms with Gasteiger partial charge in [-0.3, -0.25) is 14.4 Å². The Bertz CT molecular complexity index is 861. The Hall–Kier alpha value is -3.35. The number of carbonyl (C=O) groups is 3. The third-order valence-corrected chi connectivity index (χ3v) is 4.91. The monoisotopic (exact) mass is 395 g/mol. The lowest BCUT2D eigenvalue weighted by Gasteiger charge is -2.36. The molecule has 0 unspecified atom stereocenters. The van der Waals surface area contributed by atoms with Gasteiger partial charge in [0.05, 0.1) is 13.7 Å². The van der Waals surface area contributed by atoms with Crippen LogP contribution < -0.4 is 15.0 Å². The molecule has 1 aliphatic rings. The van der Waals surface area contributed by atoms with Gasteiger partial charge in [-0.25, -0.2) is 0 Å². The van der Waals surface area contributed by atoms with Crippen molar-refractivity contribution in [2.45, 2.75) is 6.42 Å². The molecule has 29 heavy (non-hydrogen) atoms. The molecule has 1 saturated heterocycles. The van der Waals surface area contributed by atoms with Gasteiger partial charge in [0, 0.05) is 44.4 Å². The first-order valence-electron chi connectivity index (χ1n) is 9.58. The van der Waals surface area contributed by atoms with Gasteiger partial charge in [-0.2, -0.15) is 0 Å². The zero-order chi connectivity index (χ0) is 20.6. The summed E-state index contributed by atoms with van der Waals surface area (Å²) >= 11 is 0. The topological polar surface area (TPSA) is 79.0 Å². The Kier molecular flexibility index (Phi) is 6.84. The Morgan fingerprint density at radius 1 is 0.966 bits per heavy atom. The van der Waals surface area contributed by atoms with Gasteiger partial charge in [0.25, 0.3) is 5.91 Å². The summed E-state index contributed by atoms with van der Waals surface area (Å²) in [5.41, 5.74) is 1.82. The molecule has 7 nitrogen and oxygen atoms in total. The second kappa shape index (κ2) is 9.73. The predicted octanol–water partition coefficient (Wildman–Crippen LogP) is 1.27. The Morgan fingerprint density at radius 3 is 2.38 bits per heavy atom. The van der Waals surface area contributed by atoms with E-state index in [-0.39, 0.29) is 18.9 Å². The van der Waals surface area contributed by atoms with Gasteiger partial charge in [0.2, 0.25) is 11.7 Å². The van der Waals surface area contributed by atoms with E-state index in [9.17, 15) is 14.4 Å². The van der Waals surface area contributed by atoms with Crippen molar-refractivity contribution in [3.63, 3.8) is 0 Å². The highest BCUT2D eigenvalue weighted by Gasteiger charge is 2.23. The molecule has 1 N–H and O–H groups in total. The molecule has 3 rings (SSSR count). The molecule has 0 spiro atoms. The Morgan fingerprint density at radius 2 is 1.69 bits per heavy atom. The van der Waals surface area contributed by atoms with Crippen LogP contribution in [0.3, 0.4) is 0 Å². The highest BCUT2D eigenvalue weighted by Crippen LogP contribution is 2.22. The molecule has 0 saturated carbocycles. The molecule has 1 fully saturated rings. The van der Waals surface area contributed by atoms with E-state index in [1.165, 1.54) is 0 Å². The molecule has 2 amide bonds. The smallest absolute Gasteiger partial charge is 0.288 e. The highest BCUT2D eigenvalue weighted by molar-refractivity contribution is 6.36. The van der Waals surface area contributed by atoms with Crippen molar-refractivity contribution in [2.75, 3.05) is 44.7 Å². The van der Waals surface area contributed by atoms with E-state index in [0.29, 0.717) is 26.2 Å². The largest absolute Gasteiger partial charge is 0.497 e. The van der Waals surface area contributed by atoms with E-state index >= 15 is 0 Å². The third-order valence-electron chi connectivity index (χ3n) is 4.91. The second-order valence-corrected chi connectivity index (χ2v) is 6.84. The normalized spacial score (nSPS) is 13.7. The molecular weight excluding hydrogens is 370 g/mol. The minimum absolute atomic E-state index is 0.0279. The average Bonchev–Trinajstić information content (AvgIpc) is 2.78. The summed E-state index contributed by atoms with van der Waals surface area (Å²) in [5.74, 6) is -0.663. The number of hydrogen-bond donors (Lipinski definition) is 1. The molecule has 2 aromatic carbocycles. The predicted molar refractivity (Wildman–Crippen MR) is 110 cm³/mol. The van der Waals surface area contributed by atoms with Crippen molar-refractivity contribution in [3.8, 4) is 5.75 Å². The summed E-state index contributed by atoms with van der Waals surface area (Å²) in [7, 11) is 1.63. The fourth-order valence-corrected chi connectivity index (χ4v) is 3.25. The maximum Gasteiger partial charge on any atom is 0.288 e. The van der Waals surface area contributed by atoms with Gasteiger partial charge in [-0.15, -0.1) is 0 Å². The summed E-state index contributed by atoms with van der Waals surface area (Å²) in [5, 5.41) is 2.45. The molecule has 0 radical (unpaired) electrons. The van der Waals surface area contributed by atoms with E-state index in [1.54, 1.807) is 24.1 Å². The standard InChI is InChI=1S/C22H25N3O4/c1-29-19-9-5-8-18(15-19)24-10-12-25(13-11-24)21(27)16-23-22(28)20(26)14-17-6-3-2-4-7-17/h2-9,15H,10-14,16H2,1H3,(H,23,28). The molecule has 0 bridgehead atoms. The fourth-order valence-electron chi connectivity index (χ4n) is 3.25. The van der Waals surface area contributed by atoms with Crippen LogP contribution in [0.25, 0.3) is 0 Å². The summed E-state index contributed by atoms with van der Waals surface area (Å²) < 4.78 is 5.26. The van der Waals surface area contributed by atoms with Crippen LogP contribution >= 0.6 is 0 Å². The van der Waals surface area contributed by atoms with Crippen LogP contribution in [-0.2, 0) is 20.8 Å². The Balaban J connectivity index is 1.43. The number of ether oxygens (including phenoxy) is 1. The minimum atomic E-state index is -0.725. The number of methoxy groups -OCH3 is 1. The molecule has 152 valence electrons. The van der Waals surface area contributed by atoms with Gasteiger partial charge in [0.1, 0.15) is 5.75 Å². The molecule has 7 heteroatoms. The zero-order valence-corrected chi connectivity index (χ0v) is 16.5. The van der Waals surface area contributed by atoms with Crippen LogP contribution in [0.5, 0.6) is 5.75 Å². The fraction of sp³-hybridized carbons (Fsp3) is 0.318. The molecule has 1 aliphatic heterocycles. The van der Waals surface area contributed by atoms with Crippen molar-refractivity contribution < 1.29 is 19.1 Å². The number of nitrogens with one attached hydrogen (secondary N) is 1.